The molecule has 0 aliphatic carbocycles. The molecule has 1 atom stereocenters. The standard InChI is InChI=1S/C69H128O6/c1-4-7-10-13-16-19-22-25-28-30-31-32-33-34-35-36-37-38-39-40-42-44-47-50-53-56-59-62-68(71)74-65-66(64-73-67(70)61-58-55-52-49-46-43-27-24-21-18-15-12-9-6-3)75-69(72)63-60-57-54-51-48-45-41-29-26-23-20-17-14-11-8-5-2/h15,18,24,27,29,41,66H,4-14,16-17,19-23,25-26,28,30-40,42-65H2,1-3H3/b18-15-,27-24-,41-29-. The summed E-state index contributed by atoms with van der Waals surface area (Å²) in [5, 5.41) is 0. The first-order valence-electron chi connectivity index (χ1n) is 33.5. The number of rotatable bonds is 62. The van der Waals surface area contributed by atoms with Crippen LogP contribution in [0.1, 0.15) is 367 Å². The molecule has 0 N–H and O–H groups in total. The predicted octanol–water partition coefficient (Wildman–Crippen LogP) is 22.8. The summed E-state index contributed by atoms with van der Waals surface area (Å²) in [7, 11) is 0. The third-order valence-corrected chi connectivity index (χ3v) is 15.1. The Bertz CT molecular complexity index is 1250. The predicted molar refractivity (Wildman–Crippen MR) is 326 cm³/mol. The average Bonchev–Trinajstić information content (AvgIpc) is 3.41. The van der Waals surface area contributed by atoms with Gasteiger partial charge in [0.05, 0.1) is 0 Å². The summed E-state index contributed by atoms with van der Waals surface area (Å²) in [6.45, 7) is 6.64. The molecule has 0 aromatic rings. The number of carbonyl (C=O) groups excluding carboxylic acids is 3. The number of esters is 3. The highest BCUT2D eigenvalue weighted by molar-refractivity contribution is 5.71. The van der Waals surface area contributed by atoms with Gasteiger partial charge in [-0.15, -0.1) is 0 Å². The number of allylic oxidation sites excluding steroid dienone is 6. The van der Waals surface area contributed by atoms with Gasteiger partial charge in [0.25, 0.3) is 0 Å². The van der Waals surface area contributed by atoms with E-state index < -0.39 is 6.10 Å². The molecule has 0 saturated heterocycles. The number of ether oxygens (including phenoxy) is 3. The number of unbranched alkanes of at least 4 members (excludes halogenated alkanes) is 45. The average molecular weight is 1050 g/mol. The smallest absolute Gasteiger partial charge is 0.306 e. The zero-order valence-electron chi connectivity index (χ0n) is 50.6. The zero-order valence-corrected chi connectivity index (χ0v) is 50.6. The third-order valence-electron chi connectivity index (χ3n) is 15.1. The molecular formula is C69H128O6. The van der Waals surface area contributed by atoms with E-state index in [-0.39, 0.29) is 31.1 Å². The third kappa shape index (κ3) is 62.4. The molecule has 6 nitrogen and oxygen atoms in total. The normalized spacial score (nSPS) is 12.2. The van der Waals surface area contributed by atoms with Gasteiger partial charge in [0.1, 0.15) is 13.2 Å². The van der Waals surface area contributed by atoms with Gasteiger partial charge in [0.15, 0.2) is 6.10 Å². The van der Waals surface area contributed by atoms with E-state index in [1.165, 1.54) is 244 Å². The Morgan fingerprint density at radius 3 is 0.787 bits per heavy atom. The van der Waals surface area contributed by atoms with Gasteiger partial charge < -0.3 is 14.2 Å². The van der Waals surface area contributed by atoms with E-state index >= 15 is 0 Å². The van der Waals surface area contributed by atoms with Gasteiger partial charge in [0.2, 0.25) is 0 Å². The van der Waals surface area contributed by atoms with Crippen molar-refractivity contribution in [2.45, 2.75) is 374 Å². The van der Waals surface area contributed by atoms with Gasteiger partial charge in [-0.2, -0.15) is 0 Å². The first kappa shape index (κ1) is 72.6. The van der Waals surface area contributed by atoms with Crippen LogP contribution in [0.15, 0.2) is 36.5 Å². The molecule has 0 saturated carbocycles. The van der Waals surface area contributed by atoms with Crippen LogP contribution in [-0.2, 0) is 28.6 Å². The molecule has 0 aliphatic heterocycles. The van der Waals surface area contributed by atoms with Crippen LogP contribution in [0, 0.1) is 0 Å². The van der Waals surface area contributed by atoms with Gasteiger partial charge in [-0.05, 0) is 70.6 Å². The fourth-order valence-corrected chi connectivity index (χ4v) is 10.0. The van der Waals surface area contributed by atoms with E-state index in [4.69, 9.17) is 14.2 Å². The zero-order chi connectivity index (χ0) is 54.3. The van der Waals surface area contributed by atoms with E-state index in [9.17, 15) is 14.4 Å². The highest BCUT2D eigenvalue weighted by Crippen LogP contribution is 2.18. The molecule has 0 heterocycles. The molecule has 6 heteroatoms. The molecule has 75 heavy (non-hydrogen) atoms. The molecule has 0 fully saturated rings. The maximum absolute atomic E-state index is 12.9. The summed E-state index contributed by atoms with van der Waals surface area (Å²) < 4.78 is 16.9. The summed E-state index contributed by atoms with van der Waals surface area (Å²) >= 11 is 0. The molecule has 0 rings (SSSR count). The van der Waals surface area contributed by atoms with Crippen LogP contribution in [0.3, 0.4) is 0 Å². The van der Waals surface area contributed by atoms with Crippen molar-refractivity contribution in [3.63, 3.8) is 0 Å². The van der Waals surface area contributed by atoms with E-state index in [1.54, 1.807) is 0 Å². The second kappa shape index (κ2) is 64.2. The quantitative estimate of drug-likeness (QED) is 0.0261. The number of hydrogen-bond donors (Lipinski definition) is 0. The number of hydrogen-bond acceptors (Lipinski definition) is 6. The Hall–Kier alpha value is -2.37. The van der Waals surface area contributed by atoms with E-state index in [1.807, 2.05) is 0 Å². The van der Waals surface area contributed by atoms with Crippen LogP contribution in [0.5, 0.6) is 0 Å². The Balaban J connectivity index is 4.21. The van der Waals surface area contributed by atoms with Crippen molar-refractivity contribution in [3.8, 4) is 0 Å². The lowest BCUT2D eigenvalue weighted by atomic mass is 10.0. The van der Waals surface area contributed by atoms with Crippen LogP contribution in [-0.4, -0.2) is 37.2 Å². The second-order valence-electron chi connectivity index (χ2n) is 22.7. The minimum absolute atomic E-state index is 0.0760. The fraction of sp³-hybridized carbons (Fsp3) is 0.870. The summed E-state index contributed by atoms with van der Waals surface area (Å²) in [6.07, 6.45) is 78.8. The molecule has 0 amide bonds. The van der Waals surface area contributed by atoms with Crippen molar-refractivity contribution in [2.75, 3.05) is 13.2 Å². The molecule has 0 aromatic heterocycles. The highest BCUT2D eigenvalue weighted by atomic mass is 16.6. The van der Waals surface area contributed by atoms with Crippen LogP contribution in [0.25, 0.3) is 0 Å². The Morgan fingerprint density at radius 1 is 0.267 bits per heavy atom. The molecule has 0 spiro atoms. The monoisotopic (exact) mass is 1050 g/mol. The van der Waals surface area contributed by atoms with Crippen molar-refractivity contribution in [1.82, 2.24) is 0 Å². The SMILES string of the molecule is CCCC/C=C\C/C=C\CCCCCCCC(=O)OCC(COC(=O)CCCCCCCCCCCCCCCCCCCCCCCCCCCCC)OC(=O)CCCCCCC/C=C\CCCCCCCCC. The molecule has 0 radical (unpaired) electrons. The van der Waals surface area contributed by atoms with Crippen molar-refractivity contribution in [1.29, 1.82) is 0 Å². The van der Waals surface area contributed by atoms with Crippen LogP contribution in [0.4, 0.5) is 0 Å². The topological polar surface area (TPSA) is 78.9 Å². The van der Waals surface area contributed by atoms with E-state index in [0.29, 0.717) is 19.3 Å². The van der Waals surface area contributed by atoms with E-state index in [0.717, 1.165) is 83.5 Å². The maximum Gasteiger partial charge on any atom is 0.306 e. The minimum Gasteiger partial charge on any atom is -0.462 e. The largest absolute Gasteiger partial charge is 0.462 e. The Kier molecular flexibility index (Phi) is 62.1. The highest BCUT2D eigenvalue weighted by Gasteiger charge is 2.19. The fourth-order valence-electron chi connectivity index (χ4n) is 10.0. The second-order valence-corrected chi connectivity index (χ2v) is 22.7. The van der Waals surface area contributed by atoms with Crippen molar-refractivity contribution in [2.24, 2.45) is 0 Å². The van der Waals surface area contributed by atoms with Crippen molar-refractivity contribution in [3.05, 3.63) is 36.5 Å². The molecule has 0 bridgehead atoms. The van der Waals surface area contributed by atoms with Crippen molar-refractivity contribution < 1.29 is 28.6 Å². The maximum atomic E-state index is 12.9. The first-order chi connectivity index (χ1) is 37.0. The number of carbonyl (C=O) groups is 3. The summed E-state index contributed by atoms with van der Waals surface area (Å²) in [5.41, 5.74) is 0. The van der Waals surface area contributed by atoms with Gasteiger partial charge in [-0.25, -0.2) is 0 Å². The molecule has 0 aromatic carbocycles. The lowest BCUT2D eigenvalue weighted by Crippen LogP contribution is -2.30. The Labute approximate surface area is 467 Å². The molecule has 1 unspecified atom stereocenters. The van der Waals surface area contributed by atoms with E-state index in [2.05, 4.69) is 57.2 Å². The van der Waals surface area contributed by atoms with Gasteiger partial charge in [-0.3, -0.25) is 14.4 Å². The molecule has 440 valence electrons. The Morgan fingerprint density at radius 2 is 0.493 bits per heavy atom. The van der Waals surface area contributed by atoms with Crippen LogP contribution >= 0.6 is 0 Å². The first-order valence-corrected chi connectivity index (χ1v) is 33.5. The van der Waals surface area contributed by atoms with Gasteiger partial charge in [0, 0.05) is 19.3 Å². The summed E-state index contributed by atoms with van der Waals surface area (Å²) in [5.74, 6) is -0.876. The van der Waals surface area contributed by atoms with Gasteiger partial charge >= 0.3 is 17.9 Å². The minimum atomic E-state index is -0.781. The summed E-state index contributed by atoms with van der Waals surface area (Å²) in [4.78, 5) is 38.3. The summed E-state index contributed by atoms with van der Waals surface area (Å²) in [6, 6.07) is 0. The van der Waals surface area contributed by atoms with Gasteiger partial charge in [-0.1, -0.05) is 314 Å². The van der Waals surface area contributed by atoms with Crippen LogP contribution in [0.2, 0.25) is 0 Å². The molecular weight excluding hydrogens is 925 g/mol. The lowest BCUT2D eigenvalue weighted by molar-refractivity contribution is -0.167. The van der Waals surface area contributed by atoms with Crippen molar-refractivity contribution >= 4 is 17.9 Å². The molecule has 0 aliphatic rings. The lowest BCUT2D eigenvalue weighted by Gasteiger charge is -2.18. The van der Waals surface area contributed by atoms with Crippen LogP contribution < -0.4 is 0 Å².